The number of hydrogen-bond acceptors (Lipinski definition) is 4. The van der Waals surface area contributed by atoms with Crippen molar-refractivity contribution in [2.45, 2.75) is 13.2 Å². The Balaban J connectivity index is 1.24. The zero-order valence-corrected chi connectivity index (χ0v) is 17.8. The number of thiophene rings is 1. The molecule has 0 N–H and O–H groups in total. The standard InChI is InChI=1S/C26H22N2O2S/c1-2-5-20(6-3-1)19-30-24-12-9-22-17-25(31-26(22)18-24)21-7-10-23(11-8-21)29-16-15-28-14-4-13-27-28/h1-14,17-18H,15-16,19H2. The second kappa shape index (κ2) is 9.06. The van der Waals surface area contributed by atoms with E-state index in [2.05, 4.69) is 47.6 Å². The molecule has 0 unspecified atom stereocenters. The molecule has 0 atom stereocenters. The first-order valence-electron chi connectivity index (χ1n) is 10.2. The van der Waals surface area contributed by atoms with E-state index >= 15 is 0 Å². The Morgan fingerprint density at radius 2 is 1.65 bits per heavy atom. The highest BCUT2D eigenvalue weighted by molar-refractivity contribution is 7.22. The van der Waals surface area contributed by atoms with Crippen LogP contribution >= 0.6 is 11.3 Å². The summed E-state index contributed by atoms with van der Waals surface area (Å²) < 4.78 is 14.9. The van der Waals surface area contributed by atoms with E-state index in [1.165, 1.54) is 26.1 Å². The van der Waals surface area contributed by atoms with Crippen LogP contribution in [-0.2, 0) is 13.2 Å². The van der Waals surface area contributed by atoms with E-state index in [-0.39, 0.29) is 0 Å². The lowest BCUT2D eigenvalue weighted by Crippen LogP contribution is -2.08. The van der Waals surface area contributed by atoms with Crippen molar-refractivity contribution >= 4 is 21.4 Å². The Morgan fingerprint density at radius 3 is 2.45 bits per heavy atom. The monoisotopic (exact) mass is 426 g/mol. The van der Waals surface area contributed by atoms with Gasteiger partial charge in [0.25, 0.3) is 0 Å². The van der Waals surface area contributed by atoms with Gasteiger partial charge in [0.1, 0.15) is 24.7 Å². The highest BCUT2D eigenvalue weighted by Gasteiger charge is 2.07. The van der Waals surface area contributed by atoms with Gasteiger partial charge in [-0.1, -0.05) is 30.3 Å². The molecule has 3 aromatic carbocycles. The molecule has 154 valence electrons. The van der Waals surface area contributed by atoms with E-state index in [1.807, 2.05) is 53.3 Å². The number of rotatable bonds is 8. The van der Waals surface area contributed by atoms with E-state index in [1.54, 1.807) is 17.5 Å². The lowest BCUT2D eigenvalue weighted by Gasteiger charge is -2.07. The van der Waals surface area contributed by atoms with Crippen LogP contribution in [0, 0.1) is 0 Å². The number of benzene rings is 3. The smallest absolute Gasteiger partial charge is 0.121 e. The molecule has 0 aliphatic carbocycles. The summed E-state index contributed by atoms with van der Waals surface area (Å²) in [5, 5.41) is 5.41. The average molecular weight is 427 g/mol. The summed E-state index contributed by atoms with van der Waals surface area (Å²) in [6.07, 6.45) is 3.71. The molecule has 0 aliphatic heterocycles. The molecule has 31 heavy (non-hydrogen) atoms. The second-order valence-electron chi connectivity index (χ2n) is 7.23. The normalized spacial score (nSPS) is 11.0. The van der Waals surface area contributed by atoms with Gasteiger partial charge >= 0.3 is 0 Å². The number of nitrogens with zero attached hydrogens (tertiary/aromatic N) is 2. The molecule has 2 aromatic heterocycles. The van der Waals surface area contributed by atoms with Crippen molar-refractivity contribution in [3.8, 4) is 21.9 Å². The van der Waals surface area contributed by atoms with Gasteiger partial charge in [-0.2, -0.15) is 5.10 Å². The van der Waals surface area contributed by atoms with Gasteiger partial charge in [0.05, 0.1) is 6.54 Å². The molecule has 2 heterocycles. The largest absolute Gasteiger partial charge is 0.492 e. The molecule has 0 fully saturated rings. The Hall–Kier alpha value is -3.57. The summed E-state index contributed by atoms with van der Waals surface area (Å²) in [5.41, 5.74) is 2.36. The van der Waals surface area contributed by atoms with Crippen molar-refractivity contribution in [3.05, 3.63) is 103 Å². The van der Waals surface area contributed by atoms with E-state index < -0.39 is 0 Å². The van der Waals surface area contributed by atoms with E-state index in [9.17, 15) is 0 Å². The van der Waals surface area contributed by atoms with Crippen LogP contribution < -0.4 is 9.47 Å². The Bertz CT molecular complexity index is 1250. The van der Waals surface area contributed by atoms with Gasteiger partial charge in [0, 0.05) is 22.0 Å². The van der Waals surface area contributed by atoms with E-state index in [0.29, 0.717) is 13.2 Å². The van der Waals surface area contributed by atoms with Gasteiger partial charge in [-0.3, -0.25) is 4.68 Å². The maximum absolute atomic E-state index is 5.98. The van der Waals surface area contributed by atoms with Gasteiger partial charge in [0.2, 0.25) is 0 Å². The minimum absolute atomic E-state index is 0.576. The van der Waals surface area contributed by atoms with Gasteiger partial charge in [0.15, 0.2) is 0 Å². The zero-order chi connectivity index (χ0) is 20.9. The number of hydrogen-bond donors (Lipinski definition) is 0. The summed E-state index contributed by atoms with van der Waals surface area (Å²) in [6, 6.07) is 28.9. The molecule has 0 bridgehead atoms. The number of aromatic nitrogens is 2. The third-order valence-corrected chi connectivity index (χ3v) is 6.17. The lowest BCUT2D eigenvalue weighted by molar-refractivity contribution is 0.291. The SMILES string of the molecule is c1ccc(COc2ccc3cc(-c4ccc(OCCn5cccn5)cc4)sc3c2)cc1. The van der Waals surface area contributed by atoms with Crippen LogP contribution in [0.2, 0.25) is 0 Å². The maximum atomic E-state index is 5.98. The highest BCUT2D eigenvalue weighted by atomic mass is 32.1. The van der Waals surface area contributed by atoms with Crippen molar-refractivity contribution in [2.24, 2.45) is 0 Å². The van der Waals surface area contributed by atoms with Crippen molar-refractivity contribution in [1.29, 1.82) is 0 Å². The van der Waals surface area contributed by atoms with Crippen LogP contribution in [0.1, 0.15) is 5.56 Å². The molecular weight excluding hydrogens is 404 g/mol. The molecular formula is C26H22N2O2S. The number of fused-ring (bicyclic) bond motifs is 1. The molecule has 4 nitrogen and oxygen atoms in total. The predicted molar refractivity (Wildman–Crippen MR) is 126 cm³/mol. The van der Waals surface area contributed by atoms with Crippen molar-refractivity contribution in [3.63, 3.8) is 0 Å². The summed E-state index contributed by atoms with van der Waals surface area (Å²) >= 11 is 1.78. The third-order valence-electron chi connectivity index (χ3n) is 5.03. The molecule has 0 aliphatic rings. The van der Waals surface area contributed by atoms with E-state index in [4.69, 9.17) is 9.47 Å². The Morgan fingerprint density at radius 1 is 0.806 bits per heavy atom. The third kappa shape index (κ3) is 4.78. The van der Waals surface area contributed by atoms with Gasteiger partial charge in [-0.05, 0) is 71.1 Å². The van der Waals surface area contributed by atoms with Crippen LogP contribution in [0.5, 0.6) is 11.5 Å². The summed E-state index contributed by atoms with van der Waals surface area (Å²) in [4.78, 5) is 1.23. The molecule has 0 saturated carbocycles. The fourth-order valence-electron chi connectivity index (χ4n) is 3.39. The Kier molecular flexibility index (Phi) is 5.67. The first-order chi connectivity index (χ1) is 15.3. The quantitative estimate of drug-likeness (QED) is 0.287. The molecule has 0 amide bonds. The molecule has 5 aromatic rings. The van der Waals surface area contributed by atoms with Crippen LogP contribution in [0.15, 0.2) is 97.3 Å². The summed E-state index contributed by atoms with van der Waals surface area (Å²) in [6.45, 7) is 1.90. The topological polar surface area (TPSA) is 36.3 Å². The van der Waals surface area contributed by atoms with Gasteiger partial charge in [-0.15, -0.1) is 11.3 Å². The Labute approximate surface area is 185 Å². The first kappa shape index (κ1) is 19.4. The summed E-state index contributed by atoms with van der Waals surface area (Å²) in [7, 11) is 0. The minimum atomic E-state index is 0.576. The molecule has 0 saturated heterocycles. The van der Waals surface area contributed by atoms with Crippen LogP contribution in [0.4, 0.5) is 0 Å². The molecule has 0 radical (unpaired) electrons. The maximum Gasteiger partial charge on any atom is 0.121 e. The predicted octanol–water partition coefficient (Wildman–Crippen LogP) is 6.42. The zero-order valence-electron chi connectivity index (χ0n) is 17.0. The molecule has 0 spiro atoms. The molecule has 5 heteroatoms. The van der Waals surface area contributed by atoms with Crippen LogP contribution in [0.25, 0.3) is 20.5 Å². The van der Waals surface area contributed by atoms with Crippen LogP contribution in [-0.4, -0.2) is 16.4 Å². The minimum Gasteiger partial charge on any atom is -0.492 e. The van der Waals surface area contributed by atoms with Crippen molar-refractivity contribution in [2.75, 3.05) is 6.61 Å². The fraction of sp³-hybridized carbons (Fsp3) is 0.115. The summed E-state index contributed by atoms with van der Waals surface area (Å²) in [5.74, 6) is 1.76. The first-order valence-corrected chi connectivity index (χ1v) is 11.1. The van der Waals surface area contributed by atoms with Crippen LogP contribution in [0.3, 0.4) is 0 Å². The van der Waals surface area contributed by atoms with Crippen molar-refractivity contribution < 1.29 is 9.47 Å². The highest BCUT2D eigenvalue weighted by Crippen LogP contribution is 2.36. The van der Waals surface area contributed by atoms with E-state index in [0.717, 1.165) is 18.0 Å². The molecule has 5 rings (SSSR count). The lowest BCUT2D eigenvalue weighted by atomic mass is 10.1. The van der Waals surface area contributed by atoms with Gasteiger partial charge in [-0.25, -0.2) is 0 Å². The van der Waals surface area contributed by atoms with Crippen molar-refractivity contribution in [1.82, 2.24) is 9.78 Å². The second-order valence-corrected chi connectivity index (χ2v) is 8.31. The number of ether oxygens (including phenoxy) is 2. The van der Waals surface area contributed by atoms with Gasteiger partial charge < -0.3 is 9.47 Å². The fourth-order valence-corrected chi connectivity index (χ4v) is 4.49. The average Bonchev–Trinajstić information content (AvgIpc) is 3.48.